The van der Waals surface area contributed by atoms with Crippen LogP contribution in [0.4, 0.5) is 5.69 Å². The minimum absolute atomic E-state index is 0.156. The number of hydrogen-bond acceptors (Lipinski definition) is 3. The molecule has 4 rings (SSSR count). The van der Waals surface area contributed by atoms with Crippen LogP contribution in [0.2, 0.25) is 0 Å². The largest absolute Gasteiger partial charge is 0.488 e. The molecule has 3 aromatic rings. The second-order valence-electron chi connectivity index (χ2n) is 7.10. The molecule has 1 amide bonds. The van der Waals surface area contributed by atoms with Crippen molar-refractivity contribution in [3.05, 3.63) is 92.6 Å². The van der Waals surface area contributed by atoms with Crippen LogP contribution < -0.4 is 15.4 Å². The van der Waals surface area contributed by atoms with Gasteiger partial charge in [0.25, 0.3) is 5.91 Å². The molecule has 1 heterocycles. The summed E-state index contributed by atoms with van der Waals surface area (Å²) in [5.74, 6) is 0.438. The van der Waals surface area contributed by atoms with Crippen molar-refractivity contribution >= 4 is 34.2 Å². The van der Waals surface area contributed by atoms with E-state index in [1.807, 2.05) is 54.6 Å². The van der Waals surface area contributed by atoms with Gasteiger partial charge in [0.2, 0.25) is 0 Å². The van der Waals surface area contributed by atoms with Gasteiger partial charge in [0, 0.05) is 9.26 Å². The Labute approximate surface area is 184 Å². The van der Waals surface area contributed by atoms with Gasteiger partial charge in [-0.05, 0) is 95.5 Å². The first-order valence-corrected chi connectivity index (χ1v) is 10.9. The van der Waals surface area contributed by atoms with Crippen LogP contribution in [-0.4, -0.2) is 19.0 Å². The molecule has 1 aliphatic rings. The molecule has 4 nitrogen and oxygen atoms in total. The summed E-state index contributed by atoms with van der Waals surface area (Å²) < 4.78 is 7.02. The van der Waals surface area contributed by atoms with E-state index in [0.29, 0.717) is 17.9 Å². The number of halogens is 1. The van der Waals surface area contributed by atoms with Gasteiger partial charge < -0.3 is 15.4 Å². The Balaban J connectivity index is 1.52. The van der Waals surface area contributed by atoms with Crippen LogP contribution in [0.15, 0.2) is 66.7 Å². The molecule has 29 heavy (non-hydrogen) atoms. The second-order valence-corrected chi connectivity index (χ2v) is 8.35. The molecule has 1 aliphatic heterocycles. The van der Waals surface area contributed by atoms with Crippen LogP contribution in [0.1, 0.15) is 27.0 Å². The maximum absolute atomic E-state index is 13.0. The molecule has 2 N–H and O–H groups in total. The summed E-state index contributed by atoms with van der Waals surface area (Å²) in [5, 5.41) is 6.46. The minimum atomic E-state index is -0.156. The zero-order valence-corrected chi connectivity index (χ0v) is 18.2. The highest BCUT2D eigenvalue weighted by molar-refractivity contribution is 14.1. The zero-order valence-electron chi connectivity index (χ0n) is 16.1. The predicted molar refractivity (Wildman–Crippen MR) is 125 cm³/mol. The van der Waals surface area contributed by atoms with Gasteiger partial charge in [-0.2, -0.15) is 0 Å². The summed E-state index contributed by atoms with van der Waals surface area (Å²) in [6.07, 6.45) is 2.01. The van der Waals surface area contributed by atoms with Gasteiger partial charge in [-0.25, -0.2) is 0 Å². The molecule has 0 atom stereocenters. The van der Waals surface area contributed by atoms with Gasteiger partial charge in [0.05, 0.1) is 5.56 Å². The molecule has 0 aliphatic carbocycles. The first kappa shape index (κ1) is 19.9. The number of hydrogen-bond donors (Lipinski definition) is 2. The lowest BCUT2D eigenvalue weighted by molar-refractivity contribution is 0.102. The van der Waals surface area contributed by atoms with Crippen molar-refractivity contribution in [1.29, 1.82) is 0 Å². The summed E-state index contributed by atoms with van der Waals surface area (Å²) >= 11 is 2.23. The molecule has 0 unspecified atom stereocenters. The number of fused-ring (bicyclic) bond motifs is 1. The number of carbonyl (C=O) groups is 1. The molecular formula is C24H23IN2O2. The van der Waals surface area contributed by atoms with Crippen LogP contribution in [0.5, 0.6) is 5.75 Å². The summed E-state index contributed by atoms with van der Waals surface area (Å²) in [4.78, 5) is 13.0. The number of anilines is 1. The fraction of sp³-hybridized carbons (Fsp3) is 0.208. The van der Waals surface area contributed by atoms with Gasteiger partial charge in [-0.1, -0.05) is 36.4 Å². The van der Waals surface area contributed by atoms with E-state index in [9.17, 15) is 4.79 Å². The SMILES string of the molecule is O=C(Nc1ccc2c(c1)CCNCC2)c1ccc(I)cc1OCc1ccccc1. The molecule has 0 spiro atoms. The van der Waals surface area contributed by atoms with Gasteiger partial charge in [0.15, 0.2) is 0 Å². The van der Waals surface area contributed by atoms with E-state index >= 15 is 0 Å². The molecule has 0 fully saturated rings. The monoisotopic (exact) mass is 498 g/mol. The Morgan fingerprint density at radius 1 is 0.966 bits per heavy atom. The summed E-state index contributed by atoms with van der Waals surface area (Å²) in [6.45, 7) is 2.40. The normalized spacial score (nSPS) is 13.3. The molecule has 148 valence electrons. The first-order chi connectivity index (χ1) is 14.2. The topological polar surface area (TPSA) is 50.4 Å². The Kier molecular flexibility index (Phi) is 6.46. The van der Waals surface area contributed by atoms with E-state index in [4.69, 9.17) is 4.74 Å². The van der Waals surface area contributed by atoms with Gasteiger partial charge in [-0.3, -0.25) is 4.79 Å². The average molecular weight is 498 g/mol. The van der Waals surface area contributed by atoms with E-state index in [1.165, 1.54) is 11.1 Å². The highest BCUT2D eigenvalue weighted by atomic mass is 127. The van der Waals surface area contributed by atoms with Crippen LogP contribution >= 0.6 is 22.6 Å². The van der Waals surface area contributed by atoms with Crippen molar-refractivity contribution in [3.8, 4) is 5.75 Å². The van der Waals surface area contributed by atoms with E-state index in [-0.39, 0.29) is 5.91 Å². The fourth-order valence-corrected chi connectivity index (χ4v) is 3.95. The molecule has 0 saturated heterocycles. The molecule has 0 bridgehead atoms. The van der Waals surface area contributed by atoms with E-state index in [1.54, 1.807) is 0 Å². The Morgan fingerprint density at radius 2 is 1.76 bits per heavy atom. The fourth-order valence-electron chi connectivity index (χ4n) is 3.49. The molecule has 3 aromatic carbocycles. The number of amides is 1. The van der Waals surface area contributed by atoms with E-state index in [0.717, 1.165) is 40.8 Å². The lowest BCUT2D eigenvalue weighted by Crippen LogP contribution is -2.16. The van der Waals surface area contributed by atoms with Crippen molar-refractivity contribution in [3.63, 3.8) is 0 Å². The third-order valence-electron chi connectivity index (χ3n) is 5.03. The molecule has 0 saturated carbocycles. The third-order valence-corrected chi connectivity index (χ3v) is 5.70. The number of carbonyl (C=O) groups excluding carboxylic acids is 1. The molecular weight excluding hydrogens is 475 g/mol. The standard InChI is InChI=1S/C24H23IN2O2/c25-20-7-9-22(23(15-20)29-16-17-4-2-1-3-5-17)24(28)27-21-8-6-18-10-12-26-13-11-19(18)14-21/h1-9,14-15,26H,10-13,16H2,(H,27,28). The maximum Gasteiger partial charge on any atom is 0.259 e. The van der Waals surface area contributed by atoms with Gasteiger partial charge >= 0.3 is 0 Å². The van der Waals surface area contributed by atoms with E-state index in [2.05, 4.69) is 45.4 Å². The summed E-state index contributed by atoms with van der Waals surface area (Å²) in [5.41, 5.74) is 5.09. The van der Waals surface area contributed by atoms with Crippen LogP contribution in [0, 0.1) is 3.57 Å². The number of benzene rings is 3. The zero-order chi connectivity index (χ0) is 20.1. The number of nitrogens with one attached hydrogen (secondary N) is 2. The summed E-state index contributed by atoms with van der Waals surface area (Å²) in [6, 6.07) is 21.8. The quantitative estimate of drug-likeness (QED) is 0.497. The Morgan fingerprint density at radius 3 is 2.59 bits per heavy atom. The lowest BCUT2D eigenvalue weighted by Gasteiger charge is -2.14. The third kappa shape index (κ3) is 5.16. The lowest BCUT2D eigenvalue weighted by atomic mass is 10.0. The van der Waals surface area contributed by atoms with Crippen LogP contribution in [0.25, 0.3) is 0 Å². The van der Waals surface area contributed by atoms with Crippen LogP contribution in [0.3, 0.4) is 0 Å². The first-order valence-electron chi connectivity index (χ1n) is 9.79. The molecule has 0 aromatic heterocycles. The predicted octanol–water partition coefficient (Wildman–Crippen LogP) is 4.81. The highest BCUT2D eigenvalue weighted by Gasteiger charge is 2.15. The minimum Gasteiger partial charge on any atom is -0.488 e. The smallest absolute Gasteiger partial charge is 0.259 e. The Hall–Kier alpha value is -2.38. The van der Waals surface area contributed by atoms with E-state index < -0.39 is 0 Å². The van der Waals surface area contributed by atoms with Crippen molar-refractivity contribution < 1.29 is 9.53 Å². The van der Waals surface area contributed by atoms with Crippen molar-refractivity contribution in [1.82, 2.24) is 5.32 Å². The van der Waals surface area contributed by atoms with Gasteiger partial charge in [-0.15, -0.1) is 0 Å². The number of ether oxygens (including phenoxy) is 1. The second kappa shape index (κ2) is 9.41. The Bertz CT molecular complexity index is 1010. The van der Waals surface area contributed by atoms with Crippen molar-refractivity contribution in [2.45, 2.75) is 19.4 Å². The summed E-state index contributed by atoms with van der Waals surface area (Å²) in [7, 11) is 0. The van der Waals surface area contributed by atoms with Crippen molar-refractivity contribution in [2.75, 3.05) is 18.4 Å². The number of rotatable bonds is 5. The van der Waals surface area contributed by atoms with Crippen LogP contribution in [-0.2, 0) is 19.4 Å². The highest BCUT2D eigenvalue weighted by Crippen LogP contribution is 2.25. The maximum atomic E-state index is 13.0. The van der Waals surface area contributed by atoms with Crippen molar-refractivity contribution in [2.24, 2.45) is 0 Å². The molecule has 5 heteroatoms. The average Bonchev–Trinajstić information content (AvgIpc) is 2.98. The molecule has 0 radical (unpaired) electrons. The van der Waals surface area contributed by atoms with Gasteiger partial charge in [0.1, 0.15) is 12.4 Å².